The molecule has 7 heteroatoms. The molecule has 0 aliphatic rings. The first-order valence-electron chi connectivity index (χ1n) is 7.63. The van der Waals surface area contributed by atoms with Crippen molar-refractivity contribution in [3.63, 3.8) is 0 Å². The molecular weight excluding hydrogens is 348 g/mol. The number of benzene rings is 2. The zero-order valence-electron chi connectivity index (χ0n) is 13.2. The van der Waals surface area contributed by atoms with Gasteiger partial charge in [0, 0.05) is 41.8 Å². The molecule has 1 aromatic heterocycles. The lowest BCUT2D eigenvalue weighted by molar-refractivity contribution is -0.0505. The second kappa shape index (κ2) is 8.09. The van der Waals surface area contributed by atoms with E-state index >= 15 is 0 Å². The Labute approximate surface area is 149 Å². The van der Waals surface area contributed by atoms with Gasteiger partial charge in [-0.3, -0.25) is 0 Å². The molecule has 0 fully saturated rings. The highest BCUT2D eigenvalue weighted by Gasteiger charge is 2.10. The summed E-state index contributed by atoms with van der Waals surface area (Å²) in [5.41, 5.74) is 2.67. The summed E-state index contributed by atoms with van der Waals surface area (Å²) in [5, 5.41) is 3.69. The summed E-state index contributed by atoms with van der Waals surface area (Å²) in [5.74, 6) is 0.127. The molecule has 0 amide bonds. The Morgan fingerprint density at radius 3 is 2.60 bits per heavy atom. The van der Waals surface area contributed by atoms with Crippen molar-refractivity contribution < 1.29 is 13.5 Å². The fourth-order valence-electron chi connectivity index (χ4n) is 2.44. The topological polar surface area (TPSA) is 39.1 Å². The number of rotatable bonds is 7. The molecule has 1 heterocycles. The van der Waals surface area contributed by atoms with Crippen molar-refractivity contribution in [2.45, 2.75) is 19.7 Å². The first-order valence-corrected chi connectivity index (χ1v) is 8.01. The van der Waals surface area contributed by atoms with Crippen LogP contribution in [0, 0.1) is 0 Å². The lowest BCUT2D eigenvalue weighted by atomic mass is 10.1. The van der Waals surface area contributed by atoms with E-state index in [1.807, 2.05) is 35.0 Å². The number of alkyl halides is 2. The minimum Gasteiger partial charge on any atom is -0.434 e. The monoisotopic (exact) mass is 363 g/mol. The number of ether oxygens (including phenoxy) is 1. The largest absolute Gasteiger partial charge is 0.434 e. The fraction of sp³-hybridized carbons (Fsp3) is 0.167. The van der Waals surface area contributed by atoms with Crippen LogP contribution in [-0.4, -0.2) is 16.2 Å². The van der Waals surface area contributed by atoms with E-state index in [0.29, 0.717) is 23.7 Å². The number of hydrogen-bond donors (Lipinski definition) is 1. The van der Waals surface area contributed by atoms with Gasteiger partial charge in [0.25, 0.3) is 0 Å². The molecule has 0 radical (unpaired) electrons. The van der Waals surface area contributed by atoms with Gasteiger partial charge in [-0.2, -0.15) is 8.78 Å². The van der Waals surface area contributed by atoms with E-state index in [0.717, 1.165) is 11.3 Å². The third kappa shape index (κ3) is 4.78. The summed E-state index contributed by atoms with van der Waals surface area (Å²) in [7, 11) is 0. The van der Waals surface area contributed by atoms with Gasteiger partial charge < -0.3 is 14.6 Å². The maximum Gasteiger partial charge on any atom is 0.387 e. The van der Waals surface area contributed by atoms with Crippen LogP contribution < -0.4 is 10.1 Å². The quantitative estimate of drug-likeness (QED) is 0.675. The first kappa shape index (κ1) is 17.4. The Bertz CT molecular complexity index is 808. The van der Waals surface area contributed by atoms with Crippen molar-refractivity contribution in [2.75, 3.05) is 0 Å². The molecule has 0 unspecified atom stereocenters. The zero-order chi connectivity index (χ0) is 17.6. The summed E-state index contributed by atoms with van der Waals surface area (Å²) >= 11 is 5.94. The maximum atomic E-state index is 12.5. The van der Waals surface area contributed by atoms with Crippen LogP contribution in [0.4, 0.5) is 8.78 Å². The predicted octanol–water partition coefficient (Wildman–Crippen LogP) is 4.42. The number of imidazole rings is 1. The molecular formula is C18H16ClF2N3O. The van der Waals surface area contributed by atoms with E-state index in [9.17, 15) is 8.78 Å². The van der Waals surface area contributed by atoms with Crippen molar-refractivity contribution in [2.24, 2.45) is 0 Å². The van der Waals surface area contributed by atoms with Crippen LogP contribution >= 0.6 is 11.6 Å². The van der Waals surface area contributed by atoms with E-state index in [4.69, 9.17) is 11.6 Å². The van der Waals surface area contributed by atoms with E-state index in [2.05, 4.69) is 15.0 Å². The second-order valence-corrected chi connectivity index (χ2v) is 5.81. The molecule has 0 aliphatic heterocycles. The molecule has 130 valence electrons. The normalized spacial score (nSPS) is 11.0. The first-order chi connectivity index (χ1) is 12.1. The van der Waals surface area contributed by atoms with Gasteiger partial charge in [0.05, 0.1) is 6.33 Å². The highest BCUT2D eigenvalue weighted by molar-refractivity contribution is 6.30. The van der Waals surface area contributed by atoms with Gasteiger partial charge in [0.15, 0.2) is 0 Å². The highest BCUT2D eigenvalue weighted by atomic mass is 35.5. The van der Waals surface area contributed by atoms with Crippen molar-refractivity contribution in [1.82, 2.24) is 14.9 Å². The molecule has 25 heavy (non-hydrogen) atoms. The van der Waals surface area contributed by atoms with Crippen LogP contribution in [0.1, 0.15) is 11.1 Å². The lowest BCUT2D eigenvalue weighted by Crippen LogP contribution is -2.14. The lowest BCUT2D eigenvalue weighted by Gasteiger charge is -2.12. The number of nitrogens with one attached hydrogen (secondary N) is 1. The molecule has 1 N–H and O–H groups in total. The van der Waals surface area contributed by atoms with Gasteiger partial charge in [0.1, 0.15) is 5.75 Å². The third-order valence-electron chi connectivity index (χ3n) is 3.62. The molecule has 0 aliphatic carbocycles. The van der Waals surface area contributed by atoms with Gasteiger partial charge in [-0.1, -0.05) is 23.7 Å². The summed E-state index contributed by atoms with van der Waals surface area (Å²) in [6, 6.07) is 12.6. The third-order valence-corrected chi connectivity index (χ3v) is 3.86. The number of aromatic nitrogens is 2. The van der Waals surface area contributed by atoms with Crippen molar-refractivity contribution in [3.8, 4) is 11.4 Å². The van der Waals surface area contributed by atoms with Crippen molar-refractivity contribution in [3.05, 3.63) is 77.3 Å². The Balaban J connectivity index is 1.60. The van der Waals surface area contributed by atoms with Crippen LogP contribution in [0.2, 0.25) is 5.02 Å². The van der Waals surface area contributed by atoms with E-state index < -0.39 is 6.61 Å². The van der Waals surface area contributed by atoms with Gasteiger partial charge in [-0.25, -0.2) is 4.98 Å². The van der Waals surface area contributed by atoms with E-state index in [1.54, 1.807) is 18.6 Å². The summed E-state index contributed by atoms with van der Waals surface area (Å²) in [4.78, 5) is 4.01. The van der Waals surface area contributed by atoms with Crippen LogP contribution in [0.3, 0.4) is 0 Å². The Morgan fingerprint density at radius 1 is 1.12 bits per heavy atom. The maximum absolute atomic E-state index is 12.5. The SMILES string of the molecule is FC(F)Oc1ccc(Cl)cc1CNCc1ccc(-n2ccnc2)cc1. The standard InChI is InChI=1S/C18H16ClF2N3O/c19-15-3-6-17(25-18(20)21)14(9-15)11-23-10-13-1-4-16(5-2-13)24-8-7-22-12-24/h1-9,12,18,23H,10-11H2. The molecule has 0 saturated heterocycles. The highest BCUT2D eigenvalue weighted by Crippen LogP contribution is 2.24. The molecule has 0 atom stereocenters. The van der Waals surface area contributed by atoms with Crippen molar-refractivity contribution >= 4 is 11.6 Å². The molecule has 0 spiro atoms. The summed E-state index contributed by atoms with van der Waals surface area (Å²) < 4.78 is 31.4. The minimum atomic E-state index is -2.87. The number of hydrogen-bond acceptors (Lipinski definition) is 3. The molecule has 4 nitrogen and oxygen atoms in total. The van der Waals surface area contributed by atoms with Crippen LogP contribution in [0.25, 0.3) is 5.69 Å². The van der Waals surface area contributed by atoms with Crippen LogP contribution in [0.15, 0.2) is 61.2 Å². The minimum absolute atomic E-state index is 0.127. The predicted molar refractivity (Wildman–Crippen MR) is 92.2 cm³/mol. The van der Waals surface area contributed by atoms with Gasteiger partial charge in [-0.15, -0.1) is 0 Å². The summed E-state index contributed by atoms with van der Waals surface area (Å²) in [6.07, 6.45) is 5.33. The average molecular weight is 364 g/mol. The summed E-state index contributed by atoms with van der Waals surface area (Å²) in [6.45, 7) is -1.91. The molecule has 0 saturated carbocycles. The zero-order valence-corrected chi connectivity index (χ0v) is 14.0. The molecule has 0 bridgehead atoms. The molecule has 2 aromatic carbocycles. The van der Waals surface area contributed by atoms with Crippen LogP contribution in [0.5, 0.6) is 5.75 Å². The fourth-order valence-corrected chi connectivity index (χ4v) is 2.63. The van der Waals surface area contributed by atoms with Gasteiger partial charge in [0.2, 0.25) is 0 Å². The Morgan fingerprint density at radius 2 is 1.92 bits per heavy atom. The van der Waals surface area contributed by atoms with Crippen LogP contribution in [-0.2, 0) is 13.1 Å². The Hall–Kier alpha value is -2.44. The van der Waals surface area contributed by atoms with Gasteiger partial charge >= 0.3 is 6.61 Å². The van der Waals surface area contributed by atoms with E-state index in [1.165, 1.54) is 12.1 Å². The average Bonchev–Trinajstić information content (AvgIpc) is 3.12. The Kier molecular flexibility index (Phi) is 5.63. The second-order valence-electron chi connectivity index (χ2n) is 5.37. The number of nitrogens with zero attached hydrogens (tertiary/aromatic N) is 2. The molecule has 3 aromatic rings. The van der Waals surface area contributed by atoms with Gasteiger partial charge in [-0.05, 0) is 35.9 Å². The smallest absolute Gasteiger partial charge is 0.387 e. The number of halogens is 3. The van der Waals surface area contributed by atoms with Crippen molar-refractivity contribution in [1.29, 1.82) is 0 Å². The molecule has 3 rings (SSSR count). The van der Waals surface area contributed by atoms with E-state index in [-0.39, 0.29) is 5.75 Å².